The molecule has 7 aromatic carbocycles. The van der Waals surface area contributed by atoms with Crippen molar-refractivity contribution in [2.75, 3.05) is 0 Å². The van der Waals surface area contributed by atoms with Gasteiger partial charge < -0.3 is 4.40 Å². The van der Waals surface area contributed by atoms with Crippen LogP contribution in [-0.4, -0.2) is 23.9 Å². The van der Waals surface area contributed by atoms with Gasteiger partial charge in [0.05, 0.1) is 33.1 Å². The summed E-state index contributed by atoms with van der Waals surface area (Å²) >= 11 is 0. The number of fused-ring (bicyclic) bond motifs is 14. The minimum absolute atomic E-state index is 0.631. The van der Waals surface area contributed by atoms with Gasteiger partial charge in [0, 0.05) is 49.5 Å². The predicted octanol–water partition coefficient (Wildman–Crippen LogP) is 11.2. The van der Waals surface area contributed by atoms with E-state index in [1.807, 2.05) is 18.3 Å². The molecule has 230 valence electrons. The van der Waals surface area contributed by atoms with Crippen molar-refractivity contribution in [1.29, 1.82) is 0 Å². The number of pyridine rings is 1. The Hall–Kier alpha value is -6.85. The summed E-state index contributed by atoms with van der Waals surface area (Å²) in [5, 5.41) is 12.1. The van der Waals surface area contributed by atoms with Gasteiger partial charge in [-0.25, -0.2) is 9.97 Å². The number of hydrogen-bond donors (Lipinski definition) is 0. The maximum absolute atomic E-state index is 5.45. The normalized spacial score (nSPS) is 12.4. The first-order valence-corrected chi connectivity index (χ1v) is 17.0. The summed E-state index contributed by atoms with van der Waals surface area (Å²) in [6.07, 6.45) is 1.83. The van der Waals surface area contributed by atoms with E-state index >= 15 is 0 Å². The van der Waals surface area contributed by atoms with Crippen molar-refractivity contribution >= 4 is 92.5 Å². The molecular formula is C45H25N5. The highest BCUT2D eigenvalue weighted by Gasteiger charge is 2.26. The van der Waals surface area contributed by atoms with E-state index in [-0.39, 0.29) is 0 Å². The summed E-state index contributed by atoms with van der Waals surface area (Å²) in [5.41, 5.74) is 9.31. The molecule has 5 heteroatoms. The second kappa shape index (κ2) is 9.40. The molecule has 0 atom stereocenters. The third-order valence-corrected chi connectivity index (χ3v) is 10.7. The zero-order chi connectivity index (χ0) is 32.5. The van der Waals surface area contributed by atoms with E-state index in [1.54, 1.807) is 0 Å². The maximum Gasteiger partial charge on any atom is 0.235 e. The van der Waals surface area contributed by atoms with Gasteiger partial charge in [0.2, 0.25) is 5.95 Å². The average Bonchev–Trinajstić information content (AvgIpc) is 3.82. The highest BCUT2D eigenvalue weighted by Crippen LogP contribution is 2.47. The lowest BCUT2D eigenvalue weighted by Crippen LogP contribution is -2.04. The first kappa shape index (κ1) is 26.1. The van der Waals surface area contributed by atoms with Crippen LogP contribution in [0.2, 0.25) is 0 Å². The summed E-state index contributed by atoms with van der Waals surface area (Å²) in [4.78, 5) is 15.6. The minimum atomic E-state index is 0.631. The van der Waals surface area contributed by atoms with E-state index in [4.69, 9.17) is 15.0 Å². The second-order valence-electron chi connectivity index (χ2n) is 13.2. The van der Waals surface area contributed by atoms with E-state index in [0.717, 1.165) is 38.7 Å². The fourth-order valence-electron chi connectivity index (χ4n) is 8.57. The van der Waals surface area contributed by atoms with E-state index in [0.29, 0.717) is 5.95 Å². The number of rotatable bonds is 2. The van der Waals surface area contributed by atoms with Crippen molar-refractivity contribution in [2.45, 2.75) is 0 Å². The van der Waals surface area contributed by atoms with Gasteiger partial charge in [-0.3, -0.25) is 9.55 Å². The SMILES string of the molecule is c1ccc2cc(-c3nc(-n4c5cc6c7ccccc7n7c8ccccc8c(c5c5ccc8ccccc8c54)c67)nc4cccnc34)ccc2c1. The van der Waals surface area contributed by atoms with Crippen molar-refractivity contribution in [1.82, 2.24) is 23.9 Å². The van der Waals surface area contributed by atoms with Gasteiger partial charge in [0.1, 0.15) is 11.2 Å². The number of nitrogens with zero attached hydrogens (tertiary/aromatic N) is 5. The van der Waals surface area contributed by atoms with Crippen LogP contribution in [0.1, 0.15) is 0 Å². The van der Waals surface area contributed by atoms with Gasteiger partial charge in [0.15, 0.2) is 0 Å². The number of aromatic nitrogens is 5. The summed E-state index contributed by atoms with van der Waals surface area (Å²) in [7, 11) is 0. The van der Waals surface area contributed by atoms with Gasteiger partial charge in [-0.2, -0.15) is 0 Å². The maximum atomic E-state index is 5.45. The molecule has 0 bridgehead atoms. The third-order valence-electron chi connectivity index (χ3n) is 10.7. The summed E-state index contributed by atoms with van der Waals surface area (Å²) in [6, 6.07) is 52.1. The highest BCUT2D eigenvalue weighted by atomic mass is 15.2. The molecule has 0 saturated carbocycles. The highest BCUT2D eigenvalue weighted by molar-refractivity contribution is 6.37. The quantitative estimate of drug-likeness (QED) is 0.190. The van der Waals surface area contributed by atoms with Gasteiger partial charge in [-0.15, -0.1) is 0 Å². The number of benzene rings is 7. The van der Waals surface area contributed by atoms with Crippen LogP contribution in [0.4, 0.5) is 0 Å². The fraction of sp³-hybridized carbons (Fsp3) is 0. The molecule has 0 aliphatic carbocycles. The van der Waals surface area contributed by atoms with E-state index < -0.39 is 0 Å². The molecule has 5 aromatic heterocycles. The van der Waals surface area contributed by atoms with Crippen LogP contribution in [0.25, 0.3) is 110 Å². The monoisotopic (exact) mass is 635 g/mol. The first-order chi connectivity index (χ1) is 24.8. The molecule has 0 spiro atoms. The molecule has 0 aliphatic heterocycles. The van der Waals surface area contributed by atoms with Crippen LogP contribution < -0.4 is 0 Å². The average molecular weight is 636 g/mol. The van der Waals surface area contributed by atoms with Gasteiger partial charge in [-0.05, 0) is 52.6 Å². The minimum Gasteiger partial charge on any atom is -0.308 e. The van der Waals surface area contributed by atoms with E-state index in [2.05, 4.69) is 142 Å². The molecule has 5 nitrogen and oxygen atoms in total. The molecule has 12 aromatic rings. The van der Waals surface area contributed by atoms with E-state index in [9.17, 15) is 0 Å². The van der Waals surface area contributed by atoms with Crippen LogP contribution in [0.3, 0.4) is 0 Å². The Labute approximate surface area is 284 Å². The lowest BCUT2D eigenvalue weighted by Gasteiger charge is -2.12. The van der Waals surface area contributed by atoms with Crippen molar-refractivity contribution in [3.63, 3.8) is 0 Å². The van der Waals surface area contributed by atoms with Crippen LogP contribution in [-0.2, 0) is 0 Å². The van der Waals surface area contributed by atoms with Crippen molar-refractivity contribution in [2.24, 2.45) is 0 Å². The molecule has 0 saturated heterocycles. The standard InChI is InChI=1S/C45H25N5/c1-2-12-28-24-29(20-19-26(28)10-1)41-42-35(16-9-23-46-42)47-45(48-41)50-38-25-34-31-14-5-7-17-36(31)49-37-18-8-6-15-32(37)40(44(34)49)39(38)33-22-21-27-11-3-4-13-30(27)43(33)50/h1-25H. The van der Waals surface area contributed by atoms with Crippen molar-refractivity contribution in [3.8, 4) is 17.2 Å². The number of hydrogen-bond acceptors (Lipinski definition) is 3. The Morgan fingerprint density at radius 1 is 0.440 bits per heavy atom. The summed E-state index contributed by atoms with van der Waals surface area (Å²) in [5.74, 6) is 0.631. The molecule has 0 radical (unpaired) electrons. The summed E-state index contributed by atoms with van der Waals surface area (Å²) < 4.78 is 4.77. The van der Waals surface area contributed by atoms with Crippen LogP contribution in [0, 0.1) is 0 Å². The van der Waals surface area contributed by atoms with Gasteiger partial charge >= 0.3 is 0 Å². The Balaban J connectivity index is 1.31. The Bertz CT molecular complexity index is 3390. The van der Waals surface area contributed by atoms with E-state index in [1.165, 1.54) is 65.0 Å². The molecule has 50 heavy (non-hydrogen) atoms. The zero-order valence-corrected chi connectivity index (χ0v) is 26.7. The lowest BCUT2D eigenvalue weighted by atomic mass is 10.0. The van der Waals surface area contributed by atoms with Gasteiger partial charge in [0.25, 0.3) is 0 Å². The molecule has 0 aliphatic rings. The fourth-order valence-corrected chi connectivity index (χ4v) is 8.57. The molecule has 0 fully saturated rings. The Kier molecular flexibility index (Phi) is 4.91. The molecule has 0 N–H and O–H groups in total. The molecule has 5 heterocycles. The topological polar surface area (TPSA) is 48.0 Å². The molecule has 12 rings (SSSR count). The number of para-hydroxylation sites is 2. The van der Waals surface area contributed by atoms with Crippen molar-refractivity contribution in [3.05, 3.63) is 152 Å². The predicted molar refractivity (Wildman–Crippen MR) is 207 cm³/mol. The Morgan fingerprint density at radius 3 is 2.04 bits per heavy atom. The molecule has 0 unspecified atom stereocenters. The van der Waals surface area contributed by atoms with Crippen LogP contribution in [0.5, 0.6) is 0 Å². The smallest absolute Gasteiger partial charge is 0.235 e. The lowest BCUT2D eigenvalue weighted by molar-refractivity contribution is 1.01. The summed E-state index contributed by atoms with van der Waals surface area (Å²) in [6.45, 7) is 0. The van der Waals surface area contributed by atoms with Crippen LogP contribution >= 0.6 is 0 Å². The third kappa shape index (κ3) is 3.28. The first-order valence-electron chi connectivity index (χ1n) is 17.0. The van der Waals surface area contributed by atoms with Gasteiger partial charge in [-0.1, -0.05) is 109 Å². The second-order valence-corrected chi connectivity index (χ2v) is 13.2. The largest absolute Gasteiger partial charge is 0.308 e. The van der Waals surface area contributed by atoms with Crippen molar-refractivity contribution < 1.29 is 0 Å². The zero-order valence-electron chi connectivity index (χ0n) is 26.7. The Morgan fingerprint density at radius 2 is 1.16 bits per heavy atom. The van der Waals surface area contributed by atoms with Crippen LogP contribution in [0.15, 0.2) is 152 Å². The molecule has 0 amide bonds. The molecular weight excluding hydrogens is 611 g/mol.